The summed E-state index contributed by atoms with van der Waals surface area (Å²) in [6, 6.07) is 8.32. The van der Waals surface area contributed by atoms with Crippen LogP contribution >= 0.6 is 15.9 Å². The molecular formula is C19H16BrFN2O4. The van der Waals surface area contributed by atoms with E-state index in [0.717, 1.165) is 4.90 Å². The Bertz CT molecular complexity index is 945. The Morgan fingerprint density at radius 2 is 2.04 bits per heavy atom. The van der Waals surface area contributed by atoms with Crippen molar-refractivity contribution in [3.63, 3.8) is 0 Å². The van der Waals surface area contributed by atoms with E-state index < -0.39 is 17.8 Å². The second kappa shape index (κ2) is 7.79. The van der Waals surface area contributed by atoms with Crippen LogP contribution in [0, 0.1) is 5.82 Å². The van der Waals surface area contributed by atoms with E-state index >= 15 is 0 Å². The zero-order valence-electron chi connectivity index (χ0n) is 14.3. The Morgan fingerprint density at radius 1 is 1.30 bits per heavy atom. The van der Waals surface area contributed by atoms with Crippen molar-refractivity contribution in [2.45, 2.75) is 13.5 Å². The third kappa shape index (κ3) is 3.95. The fraction of sp³-hybridized carbons (Fsp3) is 0.158. The van der Waals surface area contributed by atoms with Crippen molar-refractivity contribution in [1.82, 2.24) is 10.2 Å². The molecule has 3 amide bonds. The van der Waals surface area contributed by atoms with E-state index in [-0.39, 0.29) is 29.3 Å². The van der Waals surface area contributed by atoms with Gasteiger partial charge in [-0.3, -0.25) is 9.69 Å². The lowest BCUT2D eigenvalue weighted by Gasteiger charge is -2.12. The summed E-state index contributed by atoms with van der Waals surface area (Å²) >= 11 is 3.31. The molecule has 1 aliphatic rings. The monoisotopic (exact) mass is 434 g/mol. The van der Waals surface area contributed by atoms with E-state index in [9.17, 15) is 19.1 Å². The van der Waals surface area contributed by atoms with E-state index in [4.69, 9.17) is 4.74 Å². The maximum Gasteiger partial charge on any atom is 0.329 e. The summed E-state index contributed by atoms with van der Waals surface area (Å²) in [5, 5.41) is 12.4. The highest BCUT2D eigenvalue weighted by molar-refractivity contribution is 9.10. The van der Waals surface area contributed by atoms with Crippen molar-refractivity contribution >= 4 is 33.9 Å². The van der Waals surface area contributed by atoms with Gasteiger partial charge in [-0.05, 0) is 36.8 Å². The summed E-state index contributed by atoms with van der Waals surface area (Å²) in [4.78, 5) is 25.7. The third-order valence-corrected chi connectivity index (χ3v) is 4.61. The number of rotatable bonds is 5. The molecule has 6 nitrogen and oxygen atoms in total. The van der Waals surface area contributed by atoms with Crippen LogP contribution in [0.4, 0.5) is 9.18 Å². The molecule has 0 bridgehead atoms. The average Bonchev–Trinajstić information content (AvgIpc) is 2.88. The lowest BCUT2D eigenvalue weighted by Crippen LogP contribution is -2.30. The first-order chi connectivity index (χ1) is 12.9. The Hall–Kier alpha value is -2.87. The largest absolute Gasteiger partial charge is 0.504 e. The second-order valence-electron chi connectivity index (χ2n) is 5.75. The van der Waals surface area contributed by atoms with Crippen molar-refractivity contribution < 1.29 is 23.8 Å². The average molecular weight is 435 g/mol. The predicted molar refractivity (Wildman–Crippen MR) is 100 cm³/mol. The molecule has 2 aromatic carbocycles. The normalized spacial score (nSPS) is 15.4. The van der Waals surface area contributed by atoms with Crippen LogP contribution in [-0.4, -0.2) is 28.6 Å². The number of halogens is 2. The minimum Gasteiger partial charge on any atom is -0.504 e. The van der Waals surface area contributed by atoms with Gasteiger partial charge in [0.25, 0.3) is 5.91 Å². The fourth-order valence-electron chi connectivity index (χ4n) is 2.61. The topological polar surface area (TPSA) is 78.9 Å². The number of hydrogen-bond acceptors (Lipinski definition) is 4. The van der Waals surface area contributed by atoms with E-state index in [1.54, 1.807) is 19.1 Å². The molecule has 0 atom stereocenters. The fourth-order valence-corrected chi connectivity index (χ4v) is 3.05. The molecule has 0 unspecified atom stereocenters. The number of aromatic hydroxyl groups is 1. The summed E-state index contributed by atoms with van der Waals surface area (Å²) in [6.45, 7) is 1.97. The van der Waals surface area contributed by atoms with Crippen LogP contribution in [-0.2, 0) is 11.3 Å². The van der Waals surface area contributed by atoms with Crippen molar-refractivity contribution in [3.8, 4) is 11.5 Å². The number of hydrogen-bond donors (Lipinski definition) is 2. The number of carbonyl (C=O) groups excluding carboxylic acids is 2. The van der Waals surface area contributed by atoms with Gasteiger partial charge in [-0.2, -0.15) is 0 Å². The number of amides is 3. The lowest BCUT2D eigenvalue weighted by atomic mass is 10.1. The first-order valence-electron chi connectivity index (χ1n) is 8.14. The summed E-state index contributed by atoms with van der Waals surface area (Å²) in [5.74, 6) is -0.847. The second-order valence-corrected chi connectivity index (χ2v) is 6.60. The van der Waals surface area contributed by atoms with E-state index in [1.807, 2.05) is 0 Å². The molecule has 1 heterocycles. The molecule has 27 heavy (non-hydrogen) atoms. The number of ether oxygens (including phenoxy) is 1. The molecule has 140 valence electrons. The number of carbonyl (C=O) groups is 2. The molecular weight excluding hydrogens is 419 g/mol. The van der Waals surface area contributed by atoms with Crippen molar-refractivity contribution in [3.05, 3.63) is 63.5 Å². The van der Waals surface area contributed by atoms with Gasteiger partial charge in [0.15, 0.2) is 11.5 Å². The highest BCUT2D eigenvalue weighted by atomic mass is 79.9. The van der Waals surface area contributed by atoms with Gasteiger partial charge in [0.1, 0.15) is 11.5 Å². The zero-order chi connectivity index (χ0) is 19.6. The first-order valence-corrected chi connectivity index (χ1v) is 8.93. The molecule has 0 spiro atoms. The first kappa shape index (κ1) is 18.9. The van der Waals surface area contributed by atoms with Crippen LogP contribution in [0.3, 0.4) is 0 Å². The Kier molecular flexibility index (Phi) is 5.46. The molecule has 0 aliphatic carbocycles. The third-order valence-electron chi connectivity index (χ3n) is 3.93. The molecule has 0 aromatic heterocycles. The molecule has 0 radical (unpaired) electrons. The SMILES string of the molecule is CCOc1cc(/C=C2/NC(=O)N(Cc3ccccc3F)C2=O)c(Br)cc1O. The van der Waals surface area contributed by atoms with E-state index in [1.165, 1.54) is 30.3 Å². The standard InChI is InChI=1S/C19H16BrFN2O4/c1-2-27-17-8-12(13(20)9-16(17)24)7-15-18(25)23(19(26)22-15)10-11-5-3-4-6-14(11)21/h3-9,24H,2,10H2,1H3,(H,22,26)/b15-7+. The molecule has 2 N–H and O–H groups in total. The lowest BCUT2D eigenvalue weighted by molar-refractivity contribution is -0.123. The van der Waals surface area contributed by atoms with Crippen molar-refractivity contribution in [2.75, 3.05) is 6.61 Å². The van der Waals surface area contributed by atoms with E-state index in [2.05, 4.69) is 21.2 Å². The molecule has 1 saturated heterocycles. The quantitative estimate of drug-likeness (QED) is 0.554. The molecule has 8 heteroatoms. The van der Waals surface area contributed by atoms with Gasteiger partial charge in [0, 0.05) is 10.0 Å². The smallest absolute Gasteiger partial charge is 0.329 e. The minimum absolute atomic E-state index is 0.0465. The van der Waals surface area contributed by atoms with Crippen molar-refractivity contribution in [1.29, 1.82) is 0 Å². The van der Waals surface area contributed by atoms with Gasteiger partial charge in [-0.25, -0.2) is 9.18 Å². The summed E-state index contributed by atoms with van der Waals surface area (Å²) in [6.07, 6.45) is 1.47. The Morgan fingerprint density at radius 3 is 2.74 bits per heavy atom. The van der Waals surface area contributed by atoms with Crippen LogP contribution in [0.25, 0.3) is 6.08 Å². The molecule has 2 aromatic rings. The number of benzene rings is 2. The number of phenolic OH excluding ortho intramolecular Hbond substituents is 1. The molecule has 1 aliphatic heterocycles. The maximum atomic E-state index is 13.8. The molecule has 1 fully saturated rings. The maximum absolute atomic E-state index is 13.8. The van der Waals surface area contributed by atoms with Gasteiger partial charge in [0.05, 0.1) is 13.2 Å². The van der Waals surface area contributed by atoms with Gasteiger partial charge < -0.3 is 15.2 Å². The van der Waals surface area contributed by atoms with Gasteiger partial charge in [0.2, 0.25) is 0 Å². The predicted octanol–water partition coefficient (Wildman–Crippen LogP) is 3.79. The summed E-state index contributed by atoms with van der Waals surface area (Å²) in [5.41, 5.74) is 0.824. The number of imide groups is 1. The van der Waals surface area contributed by atoms with E-state index in [0.29, 0.717) is 16.6 Å². The van der Waals surface area contributed by atoms with Crippen LogP contribution in [0.15, 0.2) is 46.6 Å². The van der Waals surface area contributed by atoms with Crippen LogP contribution in [0.5, 0.6) is 11.5 Å². The van der Waals surface area contributed by atoms with Gasteiger partial charge >= 0.3 is 6.03 Å². The van der Waals surface area contributed by atoms with Gasteiger partial charge in [-0.1, -0.05) is 34.1 Å². The van der Waals surface area contributed by atoms with Crippen LogP contribution in [0.1, 0.15) is 18.1 Å². The molecule has 3 rings (SSSR count). The zero-order valence-corrected chi connectivity index (χ0v) is 15.9. The minimum atomic E-state index is -0.630. The van der Waals surface area contributed by atoms with Crippen molar-refractivity contribution in [2.24, 2.45) is 0 Å². The Balaban J connectivity index is 1.88. The molecule has 0 saturated carbocycles. The highest BCUT2D eigenvalue weighted by Crippen LogP contribution is 2.34. The number of urea groups is 1. The number of nitrogens with zero attached hydrogens (tertiary/aromatic N) is 1. The van der Waals surface area contributed by atoms with Gasteiger partial charge in [-0.15, -0.1) is 0 Å². The van der Waals surface area contributed by atoms with Crippen LogP contribution in [0.2, 0.25) is 0 Å². The number of phenols is 1. The highest BCUT2D eigenvalue weighted by Gasteiger charge is 2.34. The Labute approximate surface area is 163 Å². The van der Waals surface area contributed by atoms with Crippen LogP contribution < -0.4 is 10.1 Å². The summed E-state index contributed by atoms with van der Waals surface area (Å²) in [7, 11) is 0. The summed E-state index contributed by atoms with van der Waals surface area (Å²) < 4.78 is 19.7. The number of nitrogens with one attached hydrogen (secondary N) is 1.